The van der Waals surface area contributed by atoms with Gasteiger partial charge in [-0.1, -0.05) is 0 Å². The molecule has 4 aromatic rings. The summed E-state index contributed by atoms with van der Waals surface area (Å²) in [5.74, 6) is -0.515. The van der Waals surface area contributed by atoms with Crippen LogP contribution in [-0.2, 0) is 4.79 Å². The molecule has 170 valence electrons. The second kappa shape index (κ2) is 8.83. The molecule has 8 nitrogen and oxygen atoms in total. The summed E-state index contributed by atoms with van der Waals surface area (Å²) in [7, 11) is 0. The maximum atomic E-state index is 13.3. The van der Waals surface area contributed by atoms with Crippen molar-refractivity contribution in [3.05, 3.63) is 82.2 Å². The number of thiazole rings is 1. The summed E-state index contributed by atoms with van der Waals surface area (Å²) < 4.78 is 20.4. The molecule has 0 bridgehead atoms. The van der Waals surface area contributed by atoms with E-state index in [-0.39, 0.29) is 29.8 Å². The number of anilines is 1. The minimum absolute atomic E-state index is 0.0325. The fourth-order valence-corrected chi connectivity index (χ4v) is 4.16. The second-order valence-electron chi connectivity index (χ2n) is 7.34. The minimum atomic E-state index is -0.359. The van der Waals surface area contributed by atoms with Gasteiger partial charge >= 0.3 is 0 Å². The molecule has 0 unspecified atom stereocenters. The number of carbonyl (C=O) groups is 1. The monoisotopic (exact) mass is 476 g/mol. The Labute approximate surface area is 196 Å². The number of fused-ring (bicyclic) bond motifs is 1. The predicted octanol–water partition coefficient (Wildman–Crippen LogP) is 4.21. The molecule has 1 aliphatic rings. The molecule has 3 aromatic carbocycles. The summed E-state index contributed by atoms with van der Waals surface area (Å²) in [5.41, 5.74) is 3.10. The van der Waals surface area contributed by atoms with Gasteiger partial charge in [0.2, 0.25) is 4.80 Å². The number of halogens is 1. The molecule has 1 aliphatic heterocycles. The maximum absolute atomic E-state index is 13.3. The molecule has 34 heavy (non-hydrogen) atoms. The van der Waals surface area contributed by atoms with Gasteiger partial charge in [0.1, 0.15) is 11.6 Å². The average Bonchev–Trinajstić information content (AvgIpc) is 3.23. The van der Waals surface area contributed by atoms with Gasteiger partial charge in [-0.05, 0) is 66.2 Å². The smallest absolute Gasteiger partial charge is 0.262 e. The number of benzene rings is 3. The van der Waals surface area contributed by atoms with Crippen molar-refractivity contribution in [3.8, 4) is 28.5 Å². The van der Waals surface area contributed by atoms with Crippen molar-refractivity contribution in [3.63, 3.8) is 0 Å². The molecule has 3 N–H and O–H groups in total. The number of carbonyl (C=O) groups excluding carboxylic acids is 1. The van der Waals surface area contributed by atoms with Gasteiger partial charge < -0.3 is 20.3 Å². The van der Waals surface area contributed by atoms with Crippen LogP contribution in [0.2, 0.25) is 0 Å². The van der Waals surface area contributed by atoms with Crippen molar-refractivity contribution in [2.75, 3.05) is 11.9 Å². The zero-order valence-electron chi connectivity index (χ0n) is 17.5. The number of ether oxygens (including phenoxy) is 1. The lowest BCUT2D eigenvalue weighted by atomic mass is 10.1. The van der Waals surface area contributed by atoms with Gasteiger partial charge in [0.25, 0.3) is 5.91 Å². The fourth-order valence-electron chi connectivity index (χ4n) is 3.30. The van der Waals surface area contributed by atoms with Gasteiger partial charge in [0, 0.05) is 10.9 Å². The summed E-state index contributed by atoms with van der Waals surface area (Å²) in [6, 6.07) is 15.5. The number of phenols is 2. The zero-order chi connectivity index (χ0) is 23.7. The van der Waals surface area contributed by atoms with E-state index in [4.69, 9.17) is 4.74 Å². The Morgan fingerprint density at radius 3 is 2.68 bits per heavy atom. The van der Waals surface area contributed by atoms with Gasteiger partial charge in [-0.3, -0.25) is 4.79 Å². The number of phenolic OH excluding ortho intramolecular Hbond substituents is 2. The van der Waals surface area contributed by atoms with E-state index >= 15 is 0 Å². The zero-order valence-corrected chi connectivity index (χ0v) is 18.3. The van der Waals surface area contributed by atoms with Crippen LogP contribution in [0.3, 0.4) is 0 Å². The number of hydrogen-bond donors (Lipinski definition) is 3. The standard InChI is InChI=1S/C24H17FN4O4S/c25-16-3-5-17(6-4-16)27-24-29(26-11-14-1-7-20(30)21(31)9-14)19(13-34-24)15-2-8-22-18(10-15)28-23(32)12-33-22/h1-11,13,30-31H,12H2,(H,28,32)/b26-11-,27-24?. The number of nitrogens with one attached hydrogen (secondary N) is 1. The third-order valence-corrected chi connectivity index (χ3v) is 5.78. The Morgan fingerprint density at radius 2 is 1.88 bits per heavy atom. The Bertz CT molecular complexity index is 1490. The van der Waals surface area contributed by atoms with Crippen molar-refractivity contribution < 1.29 is 24.1 Å². The van der Waals surface area contributed by atoms with E-state index in [1.165, 1.54) is 41.8 Å². The molecule has 0 atom stereocenters. The van der Waals surface area contributed by atoms with Gasteiger partial charge in [0.05, 0.1) is 23.3 Å². The molecule has 0 spiro atoms. The quantitative estimate of drug-likeness (QED) is 0.303. The Morgan fingerprint density at radius 1 is 1.06 bits per heavy atom. The lowest BCUT2D eigenvalue weighted by Crippen LogP contribution is -2.25. The van der Waals surface area contributed by atoms with E-state index in [2.05, 4.69) is 15.4 Å². The minimum Gasteiger partial charge on any atom is -0.504 e. The second-order valence-corrected chi connectivity index (χ2v) is 8.18. The molecular formula is C24H17FN4O4S. The number of aromatic hydroxyl groups is 2. The first-order chi connectivity index (χ1) is 16.5. The predicted molar refractivity (Wildman–Crippen MR) is 126 cm³/mol. The summed E-state index contributed by atoms with van der Waals surface area (Å²) in [4.78, 5) is 16.8. The van der Waals surface area contributed by atoms with Crippen LogP contribution in [-0.4, -0.2) is 33.6 Å². The highest BCUT2D eigenvalue weighted by Crippen LogP contribution is 2.33. The van der Waals surface area contributed by atoms with Crippen LogP contribution in [0.5, 0.6) is 17.2 Å². The maximum Gasteiger partial charge on any atom is 0.262 e. The van der Waals surface area contributed by atoms with Crippen molar-refractivity contribution in [2.24, 2.45) is 10.1 Å². The molecule has 0 saturated carbocycles. The first kappa shape index (κ1) is 21.4. The molecule has 0 saturated heterocycles. The van der Waals surface area contributed by atoms with E-state index in [1.807, 2.05) is 11.4 Å². The van der Waals surface area contributed by atoms with E-state index in [0.29, 0.717) is 33.2 Å². The third kappa shape index (κ3) is 4.39. The summed E-state index contributed by atoms with van der Waals surface area (Å²) >= 11 is 1.33. The van der Waals surface area contributed by atoms with Crippen molar-refractivity contribution in [1.29, 1.82) is 0 Å². The van der Waals surface area contributed by atoms with Gasteiger partial charge in [-0.2, -0.15) is 5.10 Å². The summed E-state index contributed by atoms with van der Waals surface area (Å²) in [5, 5.41) is 28.5. The number of hydrogen-bond acceptors (Lipinski definition) is 7. The largest absolute Gasteiger partial charge is 0.504 e. The number of amides is 1. The third-order valence-electron chi connectivity index (χ3n) is 4.97. The molecule has 1 aromatic heterocycles. The summed E-state index contributed by atoms with van der Waals surface area (Å²) in [6.45, 7) is -0.0325. The average molecular weight is 476 g/mol. The first-order valence-electron chi connectivity index (χ1n) is 10.1. The molecule has 2 heterocycles. The van der Waals surface area contributed by atoms with Crippen molar-refractivity contribution in [2.45, 2.75) is 0 Å². The van der Waals surface area contributed by atoms with Crippen LogP contribution in [0, 0.1) is 5.82 Å². The van der Waals surface area contributed by atoms with Crippen molar-refractivity contribution >= 4 is 34.8 Å². The van der Waals surface area contributed by atoms with Crippen molar-refractivity contribution in [1.82, 2.24) is 4.68 Å². The van der Waals surface area contributed by atoms with E-state index in [1.54, 1.807) is 35.0 Å². The summed E-state index contributed by atoms with van der Waals surface area (Å²) in [6.07, 6.45) is 1.52. The van der Waals surface area contributed by atoms with E-state index < -0.39 is 0 Å². The lowest BCUT2D eigenvalue weighted by molar-refractivity contribution is -0.118. The lowest BCUT2D eigenvalue weighted by Gasteiger charge is -2.18. The Balaban J connectivity index is 1.62. The molecule has 1 amide bonds. The van der Waals surface area contributed by atoms with Crippen LogP contribution >= 0.6 is 11.3 Å². The van der Waals surface area contributed by atoms with Crippen LogP contribution in [0.1, 0.15) is 5.56 Å². The Hall–Kier alpha value is -4.44. The van der Waals surface area contributed by atoms with E-state index in [9.17, 15) is 19.4 Å². The van der Waals surface area contributed by atoms with Gasteiger partial charge in [-0.25, -0.2) is 14.1 Å². The molecule has 0 aliphatic carbocycles. The highest BCUT2D eigenvalue weighted by atomic mass is 32.1. The van der Waals surface area contributed by atoms with Crippen LogP contribution in [0.4, 0.5) is 15.8 Å². The molecule has 0 radical (unpaired) electrons. The van der Waals surface area contributed by atoms with Gasteiger partial charge in [0.15, 0.2) is 18.1 Å². The number of aromatic nitrogens is 1. The van der Waals surface area contributed by atoms with Gasteiger partial charge in [-0.15, -0.1) is 11.3 Å². The molecule has 0 fully saturated rings. The first-order valence-corrected chi connectivity index (χ1v) is 11.0. The fraction of sp³-hybridized carbons (Fsp3) is 0.0417. The number of nitrogens with zero attached hydrogens (tertiary/aromatic N) is 3. The molecule has 5 rings (SSSR count). The molecule has 10 heteroatoms. The highest BCUT2D eigenvalue weighted by molar-refractivity contribution is 7.07. The van der Waals surface area contributed by atoms with E-state index in [0.717, 1.165) is 5.56 Å². The van der Waals surface area contributed by atoms with Crippen LogP contribution < -0.4 is 14.9 Å². The van der Waals surface area contributed by atoms with Crippen LogP contribution in [0.25, 0.3) is 11.3 Å². The Kier molecular flexibility index (Phi) is 5.56. The molecular weight excluding hydrogens is 459 g/mol. The van der Waals surface area contributed by atoms with Crippen LogP contribution in [0.15, 0.2) is 76.1 Å². The highest BCUT2D eigenvalue weighted by Gasteiger charge is 2.18. The SMILES string of the molecule is O=C1COc2ccc(-c3csc(=Nc4ccc(F)cc4)n3/N=C\c3ccc(O)c(O)c3)cc2N1. The topological polar surface area (TPSA) is 108 Å². The normalized spacial score (nSPS) is 13.6. The number of rotatable bonds is 4.